The number of carbonyl (C=O) groups is 1. The van der Waals surface area contributed by atoms with Crippen LogP contribution in [0.4, 0.5) is 20.2 Å². The second-order valence-corrected chi connectivity index (χ2v) is 11.1. The fourth-order valence-electron chi connectivity index (χ4n) is 4.46. The van der Waals surface area contributed by atoms with E-state index < -0.39 is 22.5 Å². The third-order valence-corrected chi connectivity index (χ3v) is 8.45. The lowest BCUT2D eigenvalue weighted by molar-refractivity contribution is -0.111. The summed E-state index contributed by atoms with van der Waals surface area (Å²) >= 11 is 0. The fourth-order valence-corrected chi connectivity index (χ4v) is 6.00. The number of halogens is 2. The normalized spacial score (nSPS) is 17.9. The highest BCUT2D eigenvalue weighted by atomic mass is 32.2. The van der Waals surface area contributed by atoms with Crippen LogP contribution in [0.3, 0.4) is 0 Å². The van der Waals surface area contributed by atoms with E-state index in [2.05, 4.69) is 19.9 Å². The monoisotopic (exact) mass is 534 g/mol. The molecule has 2 heterocycles. The first kappa shape index (κ1) is 27.0. The Balaban J connectivity index is 1.55. The number of hydrogen-bond acceptors (Lipinski definition) is 6. The van der Waals surface area contributed by atoms with Gasteiger partial charge < -0.3 is 19.9 Å². The zero-order valence-electron chi connectivity index (χ0n) is 20.8. The molecule has 0 bridgehead atoms. The molecule has 2 fully saturated rings. The van der Waals surface area contributed by atoms with Crippen molar-refractivity contribution in [3.05, 3.63) is 54.1 Å². The number of ether oxygens (including phenoxy) is 1. The molecule has 2 aromatic carbocycles. The van der Waals surface area contributed by atoms with Gasteiger partial charge in [-0.3, -0.25) is 4.79 Å². The number of alkyl halides is 2. The molecule has 1 amide bonds. The number of sulfonamides is 1. The Bertz CT molecular complexity index is 1210. The van der Waals surface area contributed by atoms with E-state index in [1.54, 1.807) is 36.4 Å². The number of nitrogens with zero attached hydrogens (tertiary/aromatic N) is 3. The fraction of sp³-hybridized carbons (Fsp3) is 0.423. The average molecular weight is 535 g/mol. The van der Waals surface area contributed by atoms with Crippen molar-refractivity contribution in [1.29, 1.82) is 0 Å². The summed E-state index contributed by atoms with van der Waals surface area (Å²) in [4.78, 5) is 17.3. The Kier molecular flexibility index (Phi) is 8.78. The highest BCUT2D eigenvalue weighted by Gasteiger charge is 2.27. The minimum absolute atomic E-state index is 0.0279. The van der Waals surface area contributed by atoms with E-state index in [1.807, 2.05) is 7.05 Å². The number of piperidine rings is 1. The maximum Gasteiger partial charge on any atom is 0.387 e. The SMILES string of the molecule is CN1CCN(c2ccc(S(=O)(=O)N3CCCCC3)cc2NC(=O)/C=C/c2ccc(OC(F)F)cc2)CC1. The topological polar surface area (TPSA) is 82.2 Å². The van der Waals surface area contributed by atoms with E-state index in [0.29, 0.717) is 24.3 Å². The number of piperazine rings is 1. The number of likely N-dealkylation sites (N-methyl/N-ethyl adjacent to an activating group) is 1. The first-order valence-electron chi connectivity index (χ1n) is 12.3. The summed E-state index contributed by atoms with van der Waals surface area (Å²) in [6.07, 6.45) is 5.56. The first-order chi connectivity index (χ1) is 17.7. The van der Waals surface area contributed by atoms with Crippen LogP contribution in [-0.4, -0.2) is 76.5 Å². The quantitative estimate of drug-likeness (QED) is 0.518. The second kappa shape index (κ2) is 12.0. The molecule has 0 atom stereocenters. The molecule has 0 spiro atoms. The Labute approximate surface area is 216 Å². The maximum atomic E-state index is 13.3. The molecule has 0 saturated carbocycles. The van der Waals surface area contributed by atoms with Gasteiger partial charge in [-0.15, -0.1) is 0 Å². The van der Waals surface area contributed by atoms with Crippen LogP contribution in [0.1, 0.15) is 24.8 Å². The predicted octanol–water partition coefficient (Wildman–Crippen LogP) is 3.87. The lowest BCUT2D eigenvalue weighted by atomic mass is 10.2. The van der Waals surface area contributed by atoms with Crippen molar-refractivity contribution in [2.24, 2.45) is 0 Å². The number of hydrogen-bond donors (Lipinski definition) is 1. The van der Waals surface area contributed by atoms with Crippen molar-refractivity contribution in [3.63, 3.8) is 0 Å². The highest BCUT2D eigenvalue weighted by Crippen LogP contribution is 2.32. The van der Waals surface area contributed by atoms with Gasteiger partial charge in [-0.05, 0) is 61.9 Å². The molecule has 8 nitrogen and oxygen atoms in total. The molecule has 2 aromatic rings. The molecule has 37 heavy (non-hydrogen) atoms. The van der Waals surface area contributed by atoms with Crippen molar-refractivity contribution in [2.75, 3.05) is 56.5 Å². The van der Waals surface area contributed by atoms with Crippen molar-refractivity contribution in [1.82, 2.24) is 9.21 Å². The largest absolute Gasteiger partial charge is 0.435 e. The summed E-state index contributed by atoms with van der Waals surface area (Å²) in [5.74, 6) is -0.407. The molecule has 0 aliphatic carbocycles. The van der Waals surface area contributed by atoms with Crippen LogP contribution < -0.4 is 15.0 Å². The van der Waals surface area contributed by atoms with Crippen molar-refractivity contribution in [3.8, 4) is 5.75 Å². The zero-order valence-corrected chi connectivity index (χ0v) is 21.6. The van der Waals surface area contributed by atoms with Gasteiger partial charge >= 0.3 is 6.61 Å². The Morgan fingerprint density at radius 1 is 0.973 bits per heavy atom. The molecule has 1 N–H and O–H groups in total. The van der Waals surface area contributed by atoms with Crippen LogP contribution >= 0.6 is 0 Å². The Morgan fingerprint density at radius 3 is 2.30 bits per heavy atom. The van der Waals surface area contributed by atoms with Crippen LogP contribution in [0.5, 0.6) is 5.75 Å². The van der Waals surface area contributed by atoms with Gasteiger partial charge in [0.05, 0.1) is 16.3 Å². The van der Waals surface area contributed by atoms with Crippen molar-refractivity contribution >= 4 is 33.4 Å². The van der Waals surface area contributed by atoms with Gasteiger partial charge in [0.15, 0.2) is 0 Å². The number of anilines is 2. The molecule has 2 aliphatic heterocycles. The lowest BCUT2D eigenvalue weighted by Gasteiger charge is -2.35. The number of amides is 1. The molecular formula is C26H32F2N4O4S. The van der Waals surface area contributed by atoms with Gasteiger partial charge in [0.25, 0.3) is 0 Å². The second-order valence-electron chi connectivity index (χ2n) is 9.20. The van der Waals surface area contributed by atoms with Gasteiger partial charge in [-0.1, -0.05) is 18.6 Å². The predicted molar refractivity (Wildman–Crippen MR) is 139 cm³/mol. The van der Waals surface area contributed by atoms with Crippen LogP contribution in [0.2, 0.25) is 0 Å². The van der Waals surface area contributed by atoms with Crippen LogP contribution in [0.25, 0.3) is 6.08 Å². The summed E-state index contributed by atoms with van der Waals surface area (Å²) < 4.78 is 57.1. The summed E-state index contributed by atoms with van der Waals surface area (Å²) in [6.45, 7) is 1.29. The van der Waals surface area contributed by atoms with Crippen LogP contribution in [0, 0.1) is 0 Å². The molecule has 0 radical (unpaired) electrons. The van der Waals surface area contributed by atoms with Crippen molar-refractivity contribution in [2.45, 2.75) is 30.8 Å². The van der Waals surface area contributed by atoms with E-state index in [1.165, 1.54) is 22.5 Å². The Hall–Kier alpha value is -3.02. The van der Waals surface area contributed by atoms with Crippen LogP contribution in [0.15, 0.2) is 53.4 Å². The molecule has 11 heteroatoms. The summed E-state index contributed by atoms with van der Waals surface area (Å²) in [6, 6.07) is 10.8. The molecule has 200 valence electrons. The molecule has 0 aromatic heterocycles. The van der Waals surface area contributed by atoms with Gasteiger partial charge in [0.2, 0.25) is 15.9 Å². The number of benzene rings is 2. The number of nitrogens with one attached hydrogen (secondary N) is 1. The maximum absolute atomic E-state index is 13.3. The van der Waals surface area contributed by atoms with Gasteiger partial charge in [0, 0.05) is 45.3 Å². The minimum atomic E-state index is -3.67. The summed E-state index contributed by atoms with van der Waals surface area (Å²) in [7, 11) is -1.63. The average Bonchev–Trinajstić information content (AvgIpc) is 2.89. The third-order valence-electron chi connectivity index (χ3n) is 6.56. The third kappa shape index (κ3) is 7.06. The van der Waals surface area contributed by atoms with E-state index >= 15 is 0 Å². The Morgan fingerprint density at radius 2 is 1.65 bits per heavy atom. The minimum Gasteiger partial charge on any atom is -0.435 e. The number of carbonyl (C=O) groups excluding carboxylic acids is 1. The molecule has 2 saturated heterocycles. The molecule has 4 rings (SSSR count). The van der Waals surface area contributed by atoms with Crippen molar-refractivity contribution < 1.29 is 26.7 Å². The van der Waals surface area contributed by atoms with Crippen LogP contribution in [-0.2, 0) is 14.8 Å². The van der Waals surface area contributed by atoms with Gasteiger partial charge in [-0.25, -0.2) is 8.42 Å². The summed E-state index contributed by atoms with van der Waals surface area (Å²) in [5, 5.41) is 2.85. The van der Waals surface area contributed by atoms with Gasteiger partial charge in [-0.2, -0.15) is 13.1 Å². The molecular weight excluding hydrogens is 502 g/mol. The molecule has 2 aliphatic rings. The number of rotatable bonds is 8. The highest BCUT2D eigenvalue weighted by molar-refractivity contribution is 7.89. The first-order valence-corrected chi connectivity index (χ1v) is 13.8. The van der Waals surface area contributed by atoms with E-state index in [9.17, 15) is 22.0 Å². The smallest absolute Gasteiger partial charge is 0.387 e. The zero-order chi connectivity index (χ0) is 26.4. The van der Waals surface area contributed by atoms with E-state index in [-0.39, 0.29) is 10.6 Å². The van der Waals surface area contributed by atoms with E-state index in [0.717, 1.165) is 51.1 Å². The van der Waals surface area contributed by atoms with Gasteiger partial charge in [0.1, 0.15) is 5.75 Å². The summed E-state index contributed by atoms with van der Waals surface area (Å²) in [5.41, 5.74) is 1.82. The lowest BCUT2D eigenvalue weighted by Crippen LogP contribution is -2.44. The standard InChI is InChI=1S/C26H32F2N4O4S/c1-30-15-17-31(18-16-30)24-11-10-22(37(34,35)32-13-3-2-4-14-32)19-23(24)29-25(33)12-7-20-5-8-21(9-6-20)36-26(27)28/h5-12,19,26H,2-4,13-18H2,1H3,(H,29,33)/b12-7+. The van der Waals surface area contributed by atoms with E-state index in [4.69, 9.17) is 0 Å². The molecule has 0 unspecified atom stereocenters.